The normalized spacial score (nSPS) is 10.5. The van der Waals surface area contributed by atoms with Crippen molar-refractivity contribution in [3.8, 4) is 5.69 Å². The van der Waals surface area contributed by atoms with Crippen LogP contribution >= 0.6 is 0 Å². The molecule has 0 N–H and O–H groups in total. The third-order valence-corrected chi connectivity index (χ3v) is 4.58. The van der Waals surface area contributed by atoms with E-state index in [4.69, 9.17) is 4.74 Å². The lowest BCUT2D eigenvalue weighted by atomic mass is 10.2. The number of amides is 1. The smallest absolute Gasteiger partial charge is 0.306 e. The zero-order chi connectivity index (χ0) is 20.5. The van der Waals surface area contributed by atoms with E-state index in [0.29, 0.717) is 19.5 Å². The van der Waals surface area contributed by atoms with Crippen molar-refractivity contribution in [2.24, 2.45) is 0 Å². The molecule has 0 aliphatic rings. The summed E-state index contributed by atoms with van der Waals surface area (Å²) >= 11 is 0. The zero-order valence-corrected chi connectivity index (χ0v) is 16.5. The Balaban J connectivity index is 1.43. The maximum atomic E-state index is 12.4. The van der Waals surface area contributed by atoms with Gasteiger partial charge in [-0.1, -0.05) is 48.5 Å². The maximum Gasteiger partial charge on any atom is 0.306 e. The fourth-order valence-electron chi connectivity index (χ4n) is 2.94. The van der Waals surface area contributed by atoms with Crippen molar-refractivity contribution in [2.75, 3.05) is 13.2 Å². The summed E-state index contributed by atoms with van der Waals surface area (Å²) in [5, 5.41) is 4.32. The summed E-state index contributed by atoms with van der Waals surface area (Å²) in [5.74, 6) is -0.580. The Labute approximate surface area is 170 Å². The number of para-hydroxylation sites is 1. The van der Waals surface area contributed by atoms with Crippen LogP contribution in [-0.2, 0) is 27.3 Å². The van der Waals surface area contributed by atoms with Gasteiger partial charge in [-0.2, -0.15) is 5.10 Å². The van der Waals surface area contributed by atoms with Gasteiger partial charge in [-0.25, -0.2) is 4.68 Å². The minimum absolute atomic E-state index is 0.193. The van der Waals surface area contributed by atoms with E-state index in [1.54, 1.807) is 15.8 Å². The van der Waals surface area contributed by atoms with Gasteiger partial charge in [-0.05, 0) is 36.6 Å². The van der Waals surface area contributed by atoms with Crippen molar-refractivity contribution < 1.29 is 14.3 Å². The summed E-state index contributed by atoms with van der Waals surface area (Å²) in [4.78, 5) is 26.1. The van der Waals surface area contributed by atoms with E-state index < -0.39 is 0 Å². The molecule has 0 bridgehead atoms. The van der Waals surface area contributed by atoms with Crippen LogP contribution in [0.3, 0.4) is 0 Å². The third kappa shape index (κ3) is 6.04. The molecule has 0 aliphatic carbocycles. The largest absolute Gasteiger partial charge is 0.456 e. The molecule has 0 saturated carbocycles. The van der Waals surface area contributed by atoms with Crippen LogP contribution in [0, 0.1) is 0 Å². The van der Waals surface area contributed by atoms with E-state index in [1.807, 2.05) is 73.8 Å². The van der Waals surface area contributed by atoms with Crippen LogP contribution in [0.15, 0.2) is 73.1 Å². The van der Waals surface area contributed by atoms with Gasteiger partial charge in [0.1, 0.15) is 0 Å². The second kappa shape index (κ2) is 10.2. The second-order valence-electron chi connectivity index (χ2n) is 6.68. The third-order valence-electron chi connectivity index (χ3n) is 4.58. The molecule has 1 amide bonds. The number of esters is 1. The van der Waals surface area contributed by atoms with Crippen molar-refractivity contribution in [1.82, 2.24) is 14.7 Å². The highest BCUT2D eigenvalue weighted by Gasteiger charge is 2.15. The summed E-state index contributed by atoms with van der Waals surface area (Å²) in [6.45, 7) is 2.74. The first-order valence-electron chi connectivity index (χ1n) is 9.72. The number of nitrogens with zero attached hydrogens (tertiary/aromatic N) is 3. The van der Waals surface area contributed by atoms with Gasteiger partial charge in [-0.15, -0.1) is 0 Å². The molecule has 0 saturated heterocycles. The summed E-state index contributed by atoms with van der Waals surface area (Å²) < 4.78 is 6.95. The van der Waals surface area contributed by atoms with Gasteiger partial charge >= 0.3 is 5.97 Å². The molecule has 0 fully saturated rings. The van der Waals surface area contributed by atoms with Crippen molar-refractivity contribution in [2.45, 2.75) is 26.3 Å². The fourth-order valence-corrected chi connectivity index (χ4v) is 2.94. The molecule has 6 heteroatoms. The molecular formula is C23H25N3O3. The molecule has 3 aromatic rings. The monoisotopic (exact) mass is 391 g/mol. The Morgan fingerprint density at radius 3 is 2.38 bits per heavy atom. The predicted molar refractivity (Wildman–Crippen MR) is 110 cm³/mol. The lowest BCUT2D eigenvalue weighted by molar-refractivity contribution is -0.152. The van der Waals surface area contributed by atoms with E-state index in [2.05, 4.69) is 5.10 Å². The van der Waals surface area contributed by atoms with Gasteiger partial charge in [0.2, 0.25) is 0 Å². The van der Waals surface area contributed by atoms with Crippen molar-refractivity contribution in [3.05, 3.63) is 84.2 Å². The highest BCUT2D eigenvalue weighted by Crippen LogP contribution is 2.10. The summed E-state index contributed by atoms with van der Waals surface area (Å²) in [6.07, 6.45) is 4.36. The molecule has 150 valence electrons. The number of hydrogen-bond donors (Lipinski definition) is 0. The van der Waals surface area contributed by atoms with Crippen molar-refractivity contribution >= 4 is 11.9 Å². The lowest BCUT2D eigenvalue weighted by Gasteiger charge is -2.20. The van der Waals surface area contributed by atoms with Crippen LogP contribution in [-0.4, -0.2) is 39.7 Å². The Bertz CT molecular complexity index is 923. The van der Waals surface area contributed by atoms with E-state index in [-0.39, 0.29) is 24.9 Å². The van der Waals surface area contributed by atoms with E-state index >= 15 is 0 Å². The van der Waals surface area contributed by atoms with E-state index in [9.17, 15) is 9.59 Å². The Hall–Kier alpha value is -3.41. The zero-order valence-electron chi connectivity index (χ0n) is 16.5. The molecule has 0 aliphatic heterocycles. The standard InChI is InChI=1S/C23H25N3O3/c1-2-25(16-19-9-5-3-6-10-19)22(27)18-29-23(28)14-13-20-15-24-26(17-20)21-11-7-4-8-12-21/h3-12,15,17H,2,13-14,16,18H2,1H3. The molecule has 1 aromatic heterocycles. The van der Waals surface area contributed by atoms with Crippen LogP contribution in [0.4, 0.5) is 0 Å². The highest BCUT2D eigenvalue weighted by molar-refractivity contribution is 5.80. The molecule has 0 radical (unpaired) electrons. The van der Waals surface area contributed by atoms with Crippen molar-refractivity contribution in [3.63, 3.8) is 0 Å². The topological polar surface area (TPSA) is 64.4 Å². The quantitative estimate of drug-likeness (QED) is 0.525. The SMILES string of the molecule is CCN(Cc1ccccc1)C(=O)COC(=O)CCc1cnn(-c2ccccc2)c1. The van der Waals surface area contributed by atoms with Crippen LogP contribution in [0.1, 0.15) is 24.5 Å². The van der Waals surface area contributed by atoms with Gasteiger partial charge in [0.05, 0.1) is 11.9 Å². The van der Waals surface area contributed by atoms with Crippen LogP contribution in [0.5, 0.6) is 0 Å². The molecule has 3 rings (SSSR count). The molecule has 0 atom stereocenters. The number of hydrogen-bond acceptors (Lipinski definition) is 4. The molecular weight excluding hydrogens is 366 g/mol. The first-order valence-corrected chi connectivity index (χ1v) is 9.72. The molecule has 29 heavy (non-hydrogen) atoms. The first-order chi connectivity index (χ1) is 14.2. The van der Waals surface area contributed by atoms with Crippen LogP contribution in [0.25, 0.3) is 5.69 Å². The highest BCUT2D eigenvalue weighted by atomic mass is 16.5. The predicted octanol–water partition coefficient (Wildman–Crippen LogP) is 3.40. The van der Waals surface area contributed by atoms with E-state index in [1.165, 1.54) is 0 Å². The van der Waals surface area contributed by atoms with Gasteiger partial charge in [0, 0.05) is 25.7 Å². The lowest BCUT2D eigenvalue weighted by Crippen LogP contribution is -2.34. The van der Waals surface area contributed by atoms with Crippen LogP contribution in [0.2, 0.25) is 0 Å². The van der Waals surface area contributed by atoms with Gasteiger partial charge in [0.25, 0.3) is 5.91 Å². The number of rotatable bonds is 9. The first kappa shape index (κ1) is 20.3. The van der Waals surface area contributed by atoms with Gasteiger partial charge < -0.3 is 9.64 Å². The van der Waals surface area contributed by atoms with Crippen LogP contribution < -0.4 is 0 Å². The summed E-state index contributed by atoms with van der Waals surface area (Å²) in [7, 11) is 0. The average Bonchev–Trinajstić information content (AvgIpc) is 3.25. The molecule has 0 unspecified atom stereocenters. The Kier molecular flexibility index (Phi) is 7.16. The molecule has 1 heterocycles. The number of likely N-dealkylation sites (N-methyl/N-ethyl adjacent to an activating group) is 1. The minimum Gasteiger partial charge on any atom is -0.456 e. The summed E-state index contributed by atoms with van der Waals surface area (Å²) in [5.41, 5.74) is 2.95. The van der Waals surface area contributed by atoms with Gasteiger partial charge in [0.15, 0.2) is 6.61 Å². The number of benzene rings is 2. The average molecular weight is 391 g/mol. The Morgan fingerprint density at radius 1 is 1.00 bits per heavy atom. The van der Waals surface area contributed by atoms with E-state index in [0.717, 1.165) is 16.8 Å². The Morgan fingerprint density at radius 2 is 1.69 bits per heavy atom. The number of aromatic nitrogens is 2. The van der Waals surface area contributed by atoms with Crippen molar-refractivity contribution in [1.29, 1.82) is 0 Å². The number of ether oxygens (including phenoxy) is 1. The maximum absolute atomic E-state index is 12.4. The molecule has 0 spiro atoms. The second-order valence-corrected chi connectivity index (χ2v) is 6.68. The minimum atomic E-state index is -0.387. The summed E-state index contributed by atoms with van der Waals surface area (Å²) in [6, 6.07) is 19.5. The number of aryl methyl sites for hydroxylation is 1. The number of carbonyl (C=O) groups excluding carboxylic acids is 2. The molecule has 2 aromatic carbocycles. The molecule has 6 nitrogen and oxygen atoms in total. The number of carbonyl (C=O) groups is 2. The fraction of sp³-hybridized carbons (Fsp3) is 0.261. The van der Waals surface area contributed by atoms with Gasteiger partial charge in [-0.3, -0.25) is 9.59 Å².